The van der Waals surface area contributed by atoms with Crippen molar-refractivity contribution in [1.82, 2.24) is 0 Å². The minimum Gasteiger partial charge on any atom is -0.462 e. The summed E-state index contributed by atoms with van der Waals surface area (Å²) in [7, 11) is 0. The van der Waals surface area contributed by atoms with E-state index in [1.165, 1.54) is 24.8 Å². The van der Waals surface area contributed by atoms with Crippen LogP contribution in [0.3, 0.4) is 0 Å². The molecule has 2 aromatic rings. The Morgan fingerprint density at radius 2 is 1.97 bits per heavy atom. The number of hydrogen-bond acceptors (Lipinski definition) is 5. The second kappa shape index (κ2) is 11.9. The van der Waals surface area contributed by atoms with Crippen LogP contribution in [0.1, 0.15) is 98.7 Å². The number of fused-ring (bicyclic) bond motifs is 3. The van der Waals surface area contributed by atoms with Gasteiger partial charge in [-0.1, -0.05) is 63.6 Å². The molecule has 6 heteroatoms. The van der Waals surface area contributed by atoms with Crippen molar-refractivity contribution < 1.29 is 9.53 Å². The molecular formula is C32H38ClN3O2. The summed E-state index contributed by atoms with van der Waals surface area (Å²) in [6.45, 7) is 5.04. The highest BCUT2D eigenvalue weighted by Gasteiger charge is 2.44. The molecule has 3 atom stereocenters. The first-order valence-corrected chi connectivity index (χ1v) is 14.8. The van der Waals surface area contributed by atoms with Crippen LogP contribution in [0, 0.1) is 29.1 Å². The van der Waals surface area contributed by atoms with E-state index in [0.29, 0.717) is 40.5 Å². The Balaban J connectivity index is 1.42. The maximum absolute atomic E-state index is 12.9. The number of rotatable bonds is 8. The lowest BCUT2D eigenvalue weighted by Crippen LogP contribution is -2.41. The average Bonchev–Trinajstić information content (AvgIpc) is 3.34. The number of hydrogen-bond donors (Lipinski definition) is 0. The highest BCUT2D eigenvalue weighted by Crippen LogP contribution is 2.43. The Kier molecular flexibility index (Phi) is 8.39. The van der Waals surface area contributed by atoms with Crippen LogP contribution in [-0.4, -0.2) is 24.3 Å². The van der Waals surface area contributed by atoms with Gasteiger partial charge >= 0.3 is 5.97 Å². The summed E-state index contributed by atoms with van der Waals surface area (Å²) in [5.41, 5.74) is 5.47. The van der Waals surface area contributed by atoms with Crippen LogP contribution in [-0.2, 0) is 11.2 Å². The number of benzene rings is 2. The molecule has 38 heavy (non-hydrogen) atoms. The molecule has 0 bridgehead atoms. The van der Waals surface area contributed by atoms with Crippen LogP contribution in [0.15, 0.2) is 41.5 Å². The lowest BCUT2D eigenvalue weighted by Gasteiger charge is -2.36. The molecule has 0 N–H and O–H groups in total. The number of nitriles is 1. The van der Waals surface area contributed by atoms with Crippen molar-refractivity contribution in [3.8, 4) is 6.07 Å². The zero-order valence-electron chi connectivity index (χ0n) is 22.6. The monoisotopic (exact) mass is 531 g/mol. The predicted octanol–water partition coefficient (Wildman–Crippen LogP) is 7.93. The van der Waals surface area contributed by atoms with E-state index in [1.807, 2.05) is 24.3 Å². The third-order valence-corrected chi connectivity index (χ3v) is 9.09. The fourth-order valence-corrected chi connectivity index (χ4v) is 6.97. The van der Waals surface area contributed by atoms with Crippen LogP contribution in [0.4, 0.5) is 5.69 Å². The first-order valence-electron chi connectivity index (χ1n) is 14.4. The summed E-state index contributed by atoms with van der Waals surface area (Å²) in [6, 6.07) is 14.0. The Bertz CT molecular complexity index is 1240. The van der Waals surface area contributed by atoms with Crippen LogP contribution in [0.2, 0.25) is 5.02 Å². The number of ether oxygens (including phenoxy) is 1. The maximum atomic E-state index is 12.9. The molecule has 5 nitrogen and oxygen atoms in total. The van der Waals surface area contributed by atoms with Crippen LogP contribution < -0.4 is 5.01 Å². The van der Waals surface area contributed by atoms with Crippen LogP contribution >= 0.6 is 11.6 Å². The van der Waals surface area contributed by atoms with Gasteiger partial charge in [0.25, 0.3) is 0 Å². The summed E-state index contributed by atoms with van der Waals surface area (Å²) < 4.78 is 5.73. The van der Waals surface area contributed by atoms with Gasteiger partial charge < -0.3 is 4.74 Å². The van der Waals surface area contributed by atoms with Crippen molar-refractivity contribution >= 4 is 29.0 Å². The fourth-order valence-electron chi connectivity index (χ4n) is 6.75. The van der Waals surface area contributed by atoms with Crippen molar-refractivity contribution in [2.24, 2.45) is 22.9 Å². The first kappa shape index (κ1) is 26.8. The molecule has 1 saturated carbocycles. The van der Waals surface area contributed by atoms with Gasteiger partial charge in [-0.25, -0.2) is 4.79 Å². The van der Waals surface area contributed by atoms with Crippen molar-refractivity contribution in [3.63, 3.8) is 0 Å². The van der Waals surface area contributed by atoms with Crippen molar-refractivity contribution in [1.29, 1.82) is 5.26 Å². The van der Waals surface area contributed by atoms with Gasteiger partial charge in [0, 0.05) is 11.5 Å². The second-order valence-electron chi connectivity index (χ2n) is 11.2. The summed E-state index contributed by atoms with van der Waals surface area (Å²) in [4.78, 5) is 12.9. The van der Waals surface area contributed by atoms with E-state index in [1.54, 1.807) is 6.07 Å². The maximum Gasteiger partial charge on any atom is 0.338 e. The molecule has 0 saturated heterocycles. The number of carbonyl (C=O) groups excluding carboxylic acids is 1. The Morgan fingerprint density at radius 1 is 1.16 bits per heavy atom. The highest BCUT2D eigenvalue weighted by molar-refractivity contribution is 6.32. The fraction of sp³-hybridized carbons (Fsp3) is 0.531. The predicted molar refractivity (Wildman–Crippen MR) is 153 cm³/mol. The van der Waals surface area contributed by atoms with Gasteiger partial charge in [-0.3, -0.25) is 5.01 Å². The largest absolute Gasteiger partial charge is 0.462 e. The molecule has 0 spiro atoms. The van der Waals surface area contributed by atoms with E-state index in [-0.39, 0.29) is 12.0 Å². The van der Waals surface area contributed by atoms with E-state index in [0.717, 1.165) is 61.9 Å². The summed E-state index contributed by atoms with van der Waals surface area (Å²) in [5, 5.41) is 17.2. The number of aryl methyl sites for hydroxylation is 1. The van der Waals surface area contributed by atoms with Gasteiger partial charge in [-0.05, 0) is 79.8 Å². The third kappa shape index (κ3) is 5.34. The third-order valence-electron chi connectivity index (χ3n) is 8.78. The number of nitrogens with zero attached hydrogens (tertiary/aromatic N) is 3. The Hall–Kier alpha value is -2.84. The molecule has 200 valence electrons. The van der Waals surface area contributed by atoms with E-state index < -0.39 is 0 Å². The number of halogens is 1. The van der Waals surface area contributed by atoms with Crippen molar-refractivity contribution in [3.05, 3.63) is 63.7 Å². The van der Waals surface area contributed by atoms with E-state index in [4.69, 9.17) is 21.4 Å². The van der Waals surface area contributed by atoms with Gasteiger partial charge in [0.1, 0.15) is 6.07 Å². The molecule has 0 aromatic heterocycles. The van der Waals surface area contributed by atoms with Gasteiger partial charge in [0.2, 0.25) is 0 Å². The average molecular weight is 532 g/mol. The first-order chi connectivity index (χ1) is 18.5. The number of anilines is 1. The topological polar surface area (TPSA) is 65.7 Å². The molecule has 0 amide bonds. The molecular weight excluding hydrogens is 494 g/mol. The number of hydrazone groups is 1. The zero-order valence-corrected chi connectivity index (χ0v) is 23.3. The van der Waals surface area contributed by atoms with Gasteiger partial charge in [-0.15, -0.1) is 0 Å². The van der Waals surface area contributed by atoms with Gasteiger partial charge in [0.15, 0.2) is 0 Å². The molecule has 3 aliphatic rings. The molecule has 0 radical (unpaired) electrons. The minimum atomic E-state index is -0.213. The molecule has 1 fully saturated rings. The molecule has 1 heterocycles. The summed E-state index contributed by atoms with van der Waals surface area (Å²) in [6.07, 6.45) is 11.4. The van der Waals surface area contributed by atoms with Crippen LogP contribution in [0.5, 0.6) is 0 Å². The number of carbonyl (C=O) groups is 1. The van der Waals surface area contributed by atoms with E-state index in [2.05, 4.69) is 31.0 Å². The van der Waals surface area contributed by atoms with E-state index >= 15 is 0 Å². The SMILES string of the molecule is CCCC(CC)C1C2CCc3cc(C(=O)OCC4CCCCC4)ccc3C2=NN1c1ccc(C#N)c(Cl)c1. The minimum absolute atomic E-state index is 0.213. The Morgan fingerprint density at radius 3 is 2.68 bits per heavy atom. The van der Waals surface area contributed by atoms with Gasteiger partial charge in [-0.2, -0.15) is 10.4 Å². The van der Waals surface area contributed by atoms with E-state index in [9.17, 15) is 10.1 Å². The zero-order chi connectivity index (χ0) is 26.6. The van der Waals surface area contributed by atoms with Crippen LogP contribution in [0.25, 0.3) is 0 Å². The smallest absolute Gasteiger partial charge is 0.338 e. The normalized spacial score (nSPS) is 21.7. The van der Waals surface area contributed by atoms with Gasteiger partial charge in [0.05, 0.1) is 40.2 Å². The standard InChI is InChI=1S/C32H38ClN3O2/c1-3-8-22(4-2)31-28-16-12-23-17-24(32(37)38-20-21-9-6-5-7-10-21)13-15-27(23)30(28)35-36(31)26-14-11-25(19-34)29(33)18-26/h11,13-15,17-18,21-22,28,31H,3-10,12,16,20H2,1-2H3. The molecule has 1 aliphatic heterocycles. The lowest BCUT2D eigenvalue weighted by atomic mass is 9.73. The number of esters is 1. The molecule has 5 rings (SSSR count). The van der Waals surface area contributed by atoms with Crippen molar-refractivity contribution in [2.45, 2.75) is 84.1 Å². The highest BCUT2D eigenvalue weighted by atomic mass is 35.5. The lowest BCUT2D eigenvalue weighted by molar-refractivity contribution is 0.0410. The summed E-state index contributed by atoms with van der Waals surface area (Å²) >= 11 is 6.45. The molecule has 2 aromatic carbocycles. The summed E-state index contributed by atoms with van der Waals surface area (Å²) in [5.74, 6) is 1.11. The quantitative estimate of drug-likeness (QED) is 0.324. The Labute approximate surface area is 231 Å². The second-order valence-corrected chi connectivity index (χ2v) is 11.6. The molecule has 2 aliphatic carbocycles. The molecule has 3 unspecified atom stereocenters. The van der Waals surface area contributed by atoms with Crippen molar-refractivity contribution in [2.75, 3.05) is 11.6 Å².